The van der Waals surface area contributed by atoms with Crippen molar-refractivity contribution in [1.29, 1.82) is 0 Å². The first-order valence-corrected chi connectivity index (χ1v) is 13.2. The van der Waals surface area contributed by atoms with Crippen LogP contribution in [0.2, 0.25) is 0 Å². The van der Waals surface area contributed by atoms with E-state index in [1.165, 1.54) is 9.81 Å². The van der Waals surface area contributed by atoms with Gasteiger partial charge in [0.15, 0.2) is 0 Å². The summed E-state index contributed by atoms with van der Waals surface area (Å²) >= 11 is -2.36. The number of hydrogen-bond donors (Lipinski definition) is 0. The van der Waals surface area contributed by atoms with Crippen molar-refractivity contribution in [3.8, 4) is 17.2 Å². The van der Waals surface area contributed by atoms with Crippen molar-refractivity contribution < 1.29 is 14.2 Å². The molecule has 0 bridgehead atoms. The van der Waals surface area contributed by atoms with E-state index in [1.54, 1.807) is 21.3 Å². The molecule has 4 heteroatoms. The standard InChI is InChI=1S/3C7H7O.Bi/c3*1-8-7-5-3-2-4-6-7;/h3*3-6H,1H3;/q;;;+2. The third kappa shape index (κ3) is 4.13. The maximum atomic E-state index is 5.31. The Labute approximate surface area is 156 Å². The van der Waals surface area contributed by atoms with Crippen LogP contribution < -0.4 is 24.0 Å². The van der Waals surface area contributed by atoms with E-state index in [4.69, 9.17) is 14.2 Å². The van der Waals surface area contributed by atoms with Crippen LogP contribution in [-0.2, 0) is 0 Å². The van der Waals surface area contributed by atoms with Crippen molar-refractivity contribution in [3.63, 3.8) is 0 Å². The number of benzene rings is 3. The molecule has 0 aliphatic rings. The van der Waals surface area contributed by atoms with Gasteiger partial charge in [0, 0.05) is 0 Å². The zero-order valence-corrected chi connectivity index (χ0v) is 18.1. The summed E-state index contributed by atoms with van der Waals surface area (Å²) in [5.41, 5.74) is 0. The fourth-order valence-electron chi connectivity index (χ4n) is 2.64. The molecule has 3 aromatic carbocycles. The Hall–Kier alpha value is -2.06. The van der Waals surface area contributed by atoms with Crippen molar-refractivity contribution >= 4 is 31.6 Å². The van der Waals surface area contributed by atoms with E-state index in [-0.39, 0.29) is 0 Å². The Morgan fingerprint density at radius 2 is 0.680 bits per heavy atom. The third-order valence-corrected chi connectivity index (χ3v) is 13.5. The van der Waals surface area contributed by atoms with E-state index >= 15 is 0 Å². The Bertz CT molecular complexity index is 683. The predicted octanol–water partition coefficient (Wildman–Crippen LogP) is 2.23. The Morgan fingerprint density at radius 3 is 0.880 bits per heavy atom. The summed E-state index contributed by atoms with van der Waals surface area (Å²) < 4.78 is 20.2. The first-order chi connectivity index (χ1) is 12.2. The number of hydrogen-bond acceptors (Lipinski definition) is 3. The maximum absolute atomic E-state index is 5.31. The number of methoxy groups -OCH3 is 3. The van der Waals surface area contributed by atoms with Gasteiger partial charge in [-0.1, -0.05) is 0 Å². The summed E-state index contributed by atoms with van der Waals surface area (Å²) in [5.74, 6) is 2.66. The SMILES string of the molecule is COc1cc[c]([Bi+2]([c]2ccc(OC)cc2)[c]2ccc(OC)cc2)cc1. The van der Waals surface area contributed by atoms with E-state index in [0.29, 0.717) is 0 Å². The van der Waals surface area contributed by atoms with Crippen LogP contribution in [-0.4, -0.2) is 43.1 Å². The van der Waals surface area contributed by atoms with Gasteiger partial charge in [0.2, 0.25) is 0 Å². The van der Waals surface area contributed by atoms with E-state index in [9.17, 15) is 0 Å². The summed E-state index contributed by atoms with van der Waals surface area (Å²) in [7, 11) is 5.09. The molecule has 0 aliphatic carbocycles. The van der Waals surface area contributed by atoms with Crippen LogP contribution in [0, 0.1) is 0 Å². The summed E-state index contributed by atoms with van der Waals surface area (Å²) in [6, 6.07) is 25.5. The monoisotopic (exact) mass is 530 g/mol. The Morgan fingerprint density at radius 1 is 0.440 bits per heavy atom. The van der Waals surface area contributed by atoms with Crippen LogP contribution in [0.25, 0.3) is 0 Å². The van der Waals surface area contributed by atoms with Gasteiger partial charge in [-0.05, 0) is 0 Å². The molecular weight excluding hydrogens is 509 g/mol. The van der Waals surface area contributed by atoms with Gasteiger partial charge in [0.05, 0.1) is 0 Å². The fourth-order valence-corrected chi connectivity index (χ4v) is 11.3. The van der Waals surface area contributed by atoms with E-state index < -0.39 is 21.8 Å². The molecule has 0 spiro atoms. The topological polar surface area (TPSA) is 27.7 Å². The molecule has 0 saturated carbocycles. The first-order valence-electron chi connectivity index (χ1n) is 7.97. The second-order valence-electron chi connectivity index (χ2n) is 5.43. The zero-order valence-electron chi connectivity index (χ0n) is 14.6. The van der Waals surface area contributed by atoms with Crippen LogP contribution in [0.1, 0.15) is 0 Å². The summed E-state index contributed by atoms with van der Waals surface area (Å²) in [5, 5.41) is 0. The summed E-state index contributed by atoms with van der Waals surface area (Å²) in [6.07, 6.45) is 0. The molecule has 0 saturated heterocycles. The Balaban J connectivity index is 2.04. The molecule has 25 heavy (non-hydrogen) atoms. The summed E-state index contributed by atoms with van der Waals surface area (Å²) in [4.78, 5) is 0. The first kappa shape index (κ1) is 17.8. The van der Waals surface area contributed by atoms with E-state index in [1.807, 2.05) is 36.4 Å². The molecule has 126 valence electrons. The fraction of sp³-hybridized carbons (Fsp3) is 0.143. The van der Waals surface area contributed by atoms with Gasteiger partial charge in [0.1, 0.15) is 0 Å². The van der Waals surface area contributed by atoms with Crippen LogP contribution in [0.4, 0.5) is 0 Å². The molecular formula is C21H21BiO3+2. The normalized spacial score (nSPS) is 10.2. The average Bonchev–Trinajstić information content (AvgIpc) is 2.70. The van der Waals surface area contributed by atoms with Crippen LogP contribution >= 0.6 is 0 Å². The third-order valence-electron chi connectivity index (χ3n) is 3.99. The quantitative estimate of drug-likeness (QED) is 0.458. The molecule has 0 aliphatic heterocycles. The molecule has 3 rings (SSSR count). The van der Waals surface area contributed by atoms with E-state index in [2.05, 4.69) is 36.4 Å². The van der Waals surface area contributed by atoms with Crippen molar-refractivity contribution in [3.05, 3.63) is 72.8 Å². The summed E-state index contributed by atoms with van der Waals surface area (Å²) in [6.45, 7) is 0. The van der Waals surface area contributed by atoms with Crippen molar-refractivity contribution in [2.24, 2.45) is 0 Å². The van der Waals surface area contributed by atoms with Crippen molar-refractivity contribution in [2.75, 3.05) is 21.3 Å². The molecule has 0 N–H and O–H groups in total. The average molecular weight is 530 g/mol. The van der Waals surface area contributed by atoms with Gasteiger partial charge >= 0.3 is 157 Å². The van der Waals surface area contributed by atoms with Gasteiger partial charge in [-0.2, -0.15) is 0 Å². The molecule has 0 amide bonds. The second-order valence-corrected chi connectivity index (χ2v) is 14.1. The van der Waals surface area contributed by atoms with Gasteiger partial charge < -0.3 is 0 Å². The van der Waals surface area contributed by atoms with Crippen LogP contribution in [0.15, 0.2) is 72.8 Å². The van der Waals surface area contributed by atoms with E-state index in [0.717, 1.165) is 17.2 Å². The van der Waals surface area contributed by atoms with Crippen molar-refractivity contribution in [2.45, 2.75) is 0 Å². The molecule has 0 aromatic heterocycles. The van der Waals surface area contributed by atoms with Crippen LogP contribution in [0.5, 0.6) is 17.2 Å². The molecule has 0 heterocycles. The minimum atomic E-state index is -2.36. The predicted molar refractivity (Wildman–Crippen MR) is 104 cm³/mol. The zero-order chi connectivity index (χ0) is 17.6. The van der Waals surface area contributed by atoms with Crippen LogP contribution in [0.3, 0.4) is 0 Å². The van der Waals surface area contributed by atoms with Gasteiger partial charge in [-0.25, -0.2) is 0 Å². The minimum absolute atomic E-state index is 0.886. The molecule has 0 atom stereocenters. The van der Waals surface area contributed by atoms with Gasteiger partial charge in [-0.15, -0.1) is 0 Å². The van der Waals surface area contributed by atoms with Gasteiger partial charge in [0.25, 0.3) is 0 Å². The number of ether oxygens (including phenoxy) is 3. The Kier molecular flexibility index (Phi) is 5.93. The second kappa shape index (κ2) is 8.35. The van der Waals surface area contributed by atoms with Crippen molar-refractivity contribution in [1.82, 2.24) is 0 Å². The molecule has 3 aromatic rings. The molecule has 0 fully saturated rings. The molecule has 0 unspecified atom stereocenters. The molecule has 3 nitrogen and oxygen atoms in total. The van der Waals surface area contributed by atoms with Gasteiger partial charge in [-0.3, -0.25) is 0 Å². The number of rotatable bonds is 6. The molecule has 0 radical (unpaired) electrons.